The van der Waals surface area contributed by atoms with Crippen LogP contribution in [0.2, 0.25) is 0 Å². The van der Waals surface area contributed by atoms with E-state index >= 15 is 0 Å². The maximum atomic E-state index is 4.95. The Kier molecular flexibility index (Phi) is 3.98. The van der Waals surface area contributed by atoms with Crippen molar-refractivity contribution in [1.82, 2.24) is 19.4 Å². The highest BCUT2D eigenvalue weighted by molar-refractivity contribution is 5.71. The van der Waals surface area contributed by atoms with Crippen molar-refractivity contribution >= 4 is 11.2 Å². The van der Waals surface area contributed by atoms with E-state index in [1.54, 1.807) is 0 Å². The highest BCUT2D eigenvalue weighted by Crippen LogP contribution is 2.33. The lowest BCUT2D eigenvalue weighted by Gasteiger charge is -2.35. The van der Waals surface area contributed by atoms with Crippen molar-refractivity contribution < 1.29 is 0 Å². The monoisotopic (exact) mass is 300 g/mol. The molecule has 0 radical (unpaired) electrons. The third kappa shape index (κ3) is 2.76. The van der Waals surface area contributed by atoms with Crippen molar-refractivity contribution in [1.29, 1.82) is 0 Å². The summed E-state index contributed by atoms with van der Waals surface area (Å²) in [5.41, 5.74) is 2.06. The highest BCUT2D eigenvalue weighted by Gasteiger charge is 2.30. The first kappa shape index (κ1) is 15.5. The molecule has 0 aliphatic carbocycles. The van der Waals surface area contributed by atoms with Crippen molar-refractivity contribution in [3.63, 3.8) is 0 Å². The van der Waals surface area contributed by atoms with Crippen LogP contribution in [0.1, 0.15) is 59.2 Å². The van der Waals surface area contributed by atoms with E-state index in [2.05, 4.69) is 55.1 Å². The molecule has 0 aromatic carbocycles. The van der Waals surface area contributed by atoms with Crippen LogP contribution in [0.3, 0.4) is 0 Å². The predicted molar refractivity (Wildman–Crippen MR) is 91.2 cm³/mol. The Balaban J connectivity index is 1.97. The minimum absolute atomic E-state index is 0.00756. The fraction of sp³-hybridized carbons (Fsp3) is 0.667. The van der Waals surface area contributed by atoms with E-state index in [9.17, 15) is 0 Å². The lowest BCUT2D eigenvalue weighted by atomic mass is 9.94. The average Bonchev–Trinajstić information content (AvgIpc) is 2.86. The number of pyridine rings is 1. The van der Waals surface area contributed by atoms with Gasteiger partial charge in [0.15, 0.2) is 5.65 Å². The molecular weight excluding hydrogens is 272 g/mol. The third-order valence-electron chi connectivity index (χ3n) is 4.74. The van der Waals surface area contributed by atoms with Crippen molar-refractivity contribution in [3.8, 4) is 0 Å². The van der Waals surface area contributed by atoms with E-state index in [0.717, 1.165) is 11.2 Å². The van der Waals surface area contributed by atoms with E-state index in [0.29, 0.717) is 12.0 Å². The largest absolute Gasteiger partial charge is 0.307 e. The quantitative estimate of drug-likeness (QED) is 0.846. The Morgan fingerprint density at radius 3 is 2.45 bits per heavy atom. The smallest absolute Gasteiger partial charge is 0.160 e. The van der Waals surface area contributed by atoms with Gasteiger partial charge in [0.1, 0.15) is 11.3 Å². The van der Waals surface area contributed by atoms with Crippen LogP contribution in [0.25, 0.3) is 11.2 Å². The molecule has 120 valence electrons. The number of piperidine rings is 1. The number of nitrogens with zero attached hydrogens (tertiary/aromatic N) is 4. The van der Waals surface area contributed by atoms with Gasteiger partial charge < -0.3 is 9.47 Å². The topological polar surface area (TPSA) is 34.0 Å². The van der Waals surface area contributed by atoms with Gasteiger partial charge in [0.25, 0.3) is 0 Å². The van der Waals surface area contributed by atoms with Gasteiger partial charge in [-0.2, -0.15) is 0 Å². The molecule has 22 heavy (non-hydrogen) atoms. The standard InChI is InChI=1S/C18H28N4/c1-13(2)21-11-8-14(9-12-21)16-20-15-7-6-10-19-17(15)22(16)18(3,4)5/h6-7,10,13-14H,8-9,11-12H2,1-5H3. The lowest BCUT2D eigenvalue weighted by molar-refractivity contribution is 0.166. The van der Waals surface area contributed by atoms with Crippen LogP contribution in [0, 0.1) is 0 Å². The lowest BCUT2D eigenvalue weighted by Crippen LogP contribution is -2.39. The molecule has 4 nitrogen and oxygen atoms in total. The molecular formula is C18H28N4. The fourth-order valence-electron chi connectivity index (χ4n) is 3.54. The average molecular weight is 300 g/mol. The summed E-state index contributed by atoms with van der Waals surface area (Å²) < 4.78 is 2.36. The molecule has 1 fully saturated rings. The summed E-state index contributed by atoms with van der Waals surface area (Å²) in [6.07, 6.45) is 4.26. The highest BCUT2D eigenvalue weighted by atomic mass is 15.2. The summed E-state index contributed by atoms with van der Waals surface area (Å²) in [6, 6.07) is 4.70. The van der Waals surface area contributed by atoms with E-state index in [4.69, 9.17) is 4.98 Å². The summed E-state index contributed by atoms with van der Waals surface area (Å²) in [6.45, 7) is 13.6. The Morgan fingerprint density at radius 1 is 1.18 bits per heavy atom. The van der Waals surface area contributed by atoms with Crippen LogP contribution < -0.4 is 0 Å². The molecule has 2 aromatic heterocycles. The summed E-state index contributed by atoms with van der Waals surface area (Å²) in [5.74, 6) is 1.77. The number of hydrogen-bond donors (Lipinski definition) is 0. The molecule has 3 rings (SSSR count). The molecule has 1 aliphatic heterocycles. The number of aromatic nitrogens is 3. The molecule has 0 unspecified atom stereocenters. The molecule has 4 heteroatoms. The molecule has 0 spiro atoms. The summed E-state index contributed by atoms with van der Waals surface area (Å²) in [7, 11) is 0. The zero-order valence-corrected chi connectivity index (χ0v) is 14.5. The van der Waals surface area contributed by atoms with Crippen LogP contribution >= 0.6 is 0 Å². The van der Waals surface area contributed by atoms with Gasteiger partial charge in [-0.15, -0.1) is 0 Å². The minimum atomic E-state index is 0.00756. The number of rotatable bonds is 2. The molecule has 2 aromatic rings. The maximum absolute atomic E-state index is 4.95. The first-order valence-electron chi connectivity index (χ1n) is 8.46. The first-order valence-corrected chi connectivity index (χ1v) is 8.46. The summed E-state index contributed by atoms with van der Waals surface area (Å²) in [4.78, 5) is 12.1. The number of hydrogen-bond acceptors (Lipinski definition) is 3. The molecule has 0 amide bonds. The van der Waals surface area contributed by atoms with E-state index < -0.39 is 0 Å². The van der Waals surface area contributed by atoms with Gasteiger partial charge in [0.05, 0.1) is 0 Å². The molecule has 0 saturated carbocycles. The Bertz CT molecular complexity index is 643. The second-order valence-corrected chi connectivity index (χ2v) is 7.73. The predicted octanol–water partition coefficient (Wildman–Crippen LogP) is 3.77. The Labute approximate surface area is 133 Å². The normalized spacial score (nSPS) is 18.5. The van der Waals surface area contributed by atoms with Gasteiger partial charge in [-0.1, -0.05) is 0 Å². The van der Waals surface area contributed by atoms with Gasteiger partial charge in [-0.3, -0.25) is 0 Å². The molecule has 0 N–H and O–H groups in total. The van der Waals surface area contributed by atoms with Crippen molar-refractivity contribution in [2.24, 2.45) is 0 Å². The van der Waals surface area contributed by atoms with Crippen molar-refractivity contribution in [3.05, 3.63) is 24.2 Å². The van der Waals surface area contributed by atoms with Gasteiger partial charge in [0, 0.05) is 23.7 Å². The van der Waals surface area contributed by atoms with Crippen LogP contribution in [-0.2, 0) is 5.54 Å². The van der Waals surface area contributed by atoms with Gasteiger partial charge in [0.2, 0.25) is 0 Å². The second-order valence-electron chi connectivity index (χ2n) is 7.73. The SMILES string of the molecule is CC(C)N1CCC(c2nc3cccnc3n2C(C)(C)C)CC1. The van der Waals surface area contributed by atoms with Crippen molar-refractivity contribution in [2.75, 3.05) is 13.1 Å². The fourth-order valence-corrected chi connectivity index (χ4v) is 3.54. The minimum Gasteiger partial charge on any atom is -0.307 e. The van der Waals surface area contributed by atoms with Crippen LogP contribution in [0.4, 0.5) is 0 Å². The Hall–Kier alpha value is -1.42. The van der Waals surface area contributed by atoms with Gasteiger partial charge in [-0.05, 0) is 72.7 Å². The molecule has 0 bridgehead atoms. The number of fused-ring (bicyclic) bond motifs is 1. The zero-order chi connectivity index (χ0) is 15.9. The van der Waals surface area contributed by atoms with Crippen molar-refractivity contribution in [2.45, 2.75) is 65.0 Å². The van der Waals surface area contributed by atoms with E-state index in [1.165, 1.54) is 31.8 Å². The van der Waals surface area contributed by atoms with Crippen LogP contribution in [-0.4, -0.2) is 38.6 Å². The van der Waals surface area contributed by atoms with Gasteiger partial charge >= 0.3 is 0 Å². The number of likely N-dealkylation sites (tertiary alicyclic amines) is 1. The third-order valence-corrected chi connectivity index (χ3v) is 4.74. The molecule has 1 aliphatic rings. The number of imidazole rings is 1. The van der Waals surface area contributed by atoms with E-state index in [-0.39, 0.29) is 5.54 Å². The second kappa shape index (κ2) is 5.65. The molecule has 1 saturated heterocycles. The van der Waals surface area contributed by atoms with Gasteiger partial charge in [-0.25, -0.2) is 9.97 Å². The molecule has 3 heterocycles. The summed E-state index contributed by atoms with van der Waals surface area (Å²) in [5, 5.41) is 0. The Morgan fingerprint density at radius 2 is 1.86 bits per heavy atom. The first-order chi connectivity index (χ1) is 10.4. The van der Waals surface area contributed by atoms with Crippen LogP contribution in [0.15, 0.2) is 18.3 Å². The van der Waals surface area contributed by atoms with Crippen LogP contribution in [0.5, 0.6) is 0 Å². The summed E-state index contributed by atoms with van der Waals surface area (Å²) >= 11 is 0. The maximum Gasteiger partial charge on any atom is 0.160 e. The molecule has 0 atom stereocenters. The zero-order valence-electron chi connectivity index (χ0n) is 14.5. The van der Waals surface area contributed by atoms with E-state index in [1.807, 2.05) is 12.3 Å².